The van der Waals surface area contributed by atoms with Gasteiger partial charge in [0.2, 0.25) is 5.91 Å². The number of halogens is 3. The summed E-state index contributed by atoms with van der Waals surface area (Å²) in [7, 11) is 0. The number of benzene rings is 3. The van der Waals surface area contributed by atoms with E-state index in [4.69, 9.17) is 23.2 Å². The summed E-state index contributed by atoms with van der Waals surface area (Å²) in [5.41, 5.74) is 0.955. The maximum atomic E-state index is 13.7. The molecule has 0 aliphatic rings. The monoisotopic (exact) mass is 448 g/mol. The molecule has 3 aromatic rings. The van der Waals surface area contributed by atoms with E-state index < -0.39 is 11.7 Å². The van der Waals surface area contributed by atoms with Crippen molar-refractivity contribution in [3.05, 3.63) is 88.2 Å². The molecular weight excluding hydrogens is 434 g/mol. The molecule has 0 radical (unpaired) electrons. The van der Waals surface area contributed by atoms with Crippen LogP contribution in [0, 0.1) is 5.82 Å². The van der Waals surface area contributed by atoms with E-state index in [2.05, 4.69) is 10.6 Å². The molecule has 0 unspecified atom stereocenters. The Morgan fingerprint density at radius 3 is 2.34 bits per heavy atom. The lowest BCUT2D eigenvalue weighted by Gasteiger charge is -2.09. The molecule has 0 saturated carbocycles. The van der Waals surface area contributed by atoms with Crippen LogP contribution in [0.2, 0.25) is 10.0 Å². The zero-order valence-electron chi connectivity index (χ0n) is 14.9. The molecule has 148 valence electrons. The van der Waals surface area contributed by atoms with E-state index in [1.165, 1.54) is 30.0 Å². The van der Waals surface area contributed by atoms with Crippen LogP contribution in [0.4, 0.5) is 15.8 Å². The Labute approximate surface area is 181 Å². The first-order valence-corrected chi connectivity index (χ1v) is 10.2. The second-order valence-electron chi connectivity index (χ2n) is 5.90. The van der Waals surface area contributed by atoms with Crippen molar-refractivity contribution in [2.45, 2.75) is 4.90 Å². The third kappa shape index (κ3) is 5.73. The molecule has 3 rings (SSSR count). The molecule has 0 fully saturated rings. The Kier molecular flexibility index (Phi) is 7.14. The van der Waals surface area contributed by atoms with Gasteiger partial charge < -0.3 is 10.6 Å². The molecule has 4 nitrogen and oxygen atoms in total. The van der Waals surface area contributed by atoms with Gasteiger partial charge in [-0.3, -0.25) is 9.59 Å². The number of nitrogens with one attached hydrogen (secondary N) is 2. The normalized spacial score (nSPS) is 10.4. The zero-order valence-corrected chi connectivity index (χ0v) is 17.2. The maximum absolute atomic E-state index is 13.7. The largest absolute Gasteiger partial charge is 0.324 e. The predicted molar refractivity (Wildman–Crippen MR) is 117 cm³/mol. The fourth-order valence-corrected chi connectivity index (χ4v) is 3.46. The molecule has 0 spiro atoms. The number of anilines is 2. The second-order valence-corrected chi connectivity index (χ2v) is 7.73. The van der Waals surface area contributed by atoms with Gasteiger partial charge in [0.15, 0.2) is 0 Å². The maximum Gasteiger partial charge on any atom is 0.258 e. The van der Waals surface area contributed by atoms with Gasteiger partial charge >= 0.3 is 0 Å². The number of carbonyl (C=O) groups is 2. The van der Waals surface area contributed by atoms with Gasteiger partial charge in [-0.15, -0.1) is 11.8 Å². The minimum absolute atomic E-state index is 0.0256. The summed E-state index contributed by atoms with van der Waals surface area (Å²) in [5.74, 6) is -1.16. The molecule has 0 aromatic heterocycles. The quantitative estimate of drug-likeness (QED) is 0.446. The van der Waals surface area contributed by atoms with Crippen molar-refractivity contribution in [3.8, 4) is 0 Å². The first kappa shape index (κ1) is 21.2. The zero-order chi connectivity index (χ0) is 20.8. The third-order valence-electron chi connectivity index (χ3n) is 3.83. The summed E-state index contributed by atoms with van der Waals surface area (Å²) in [6.45, 7) is 0. The van der Waals surface area contributed by atoms with Gasteiger partial charge in [-0.05, 0) is 48.5 Å². The molecule has 0 saturated heterocycles. The Hall–Kier alpha value is -2.54. The summed E-state index contributed by atoms with van der Waals surface area (Å²) in [5, 5.41) is 6.01. The lowest BCUT2D eigenvalue weighted by atomic mass is 10.2. The fourth-order valence-electron chi connectivity index (χ4n) is 2.41. The lowest BCUT2D eigenvalue weighted by molar-refractivity contribution is -0.113. The van der Waals surface area contributed by atoms with E-state index in [-0.39, 0.29) is 17.2 Å². The minimum atomic E-state index is -0.581. The Morgan fingerprint density at radius 2 is 1.62 bits per heavy atom. The van der Waals surface area contributed by atoms with Crippen LogP contribution < -0.4 is 10.6 Å². The predicted octanol–water partition coefficient (Wildman–Crippen LogP) is 6.12. The highest BCUT2D eigenvalue weighted by Crippen LogP contribution is 2.30. The molecular formula is C21H15Cl2FN2O2S. The lowest BCUT2D eigenvalue weighted by Crippen LogP contribution is -2.14. The van der Waals surface area contributed by atoms with Crippen molar-refractivity contribution < 1.29 is 14.0 Å². The van der Waals surface area contributed by atoms with Crippen molar-refractivity contribution in [2.75, 3.05) is 16.4 Å². The van der Waals surface area contributed by atoms with E-state index in [0.717, 1.165) is 4.90 Å². The number of amides is 2. The molecule has 0 heterocycles. The van der Waals surface area contributed by atoms with E-state index in [1.54, 1.807) is 48.5 Å². The number of rotatable bonds is 6. The van der Waals surface area contributed by atoms with Crippen molar-refractivity contribution >= 4 is 58.2 Å². The average molecular weight is 449 g/mol. The van der Waals surface area contributed by atoms with Crippen LogP contribution >= 0.6 is 35.0 Å². The minimum Gasteiger partial charge on any atom is -0.324 e. The Morgan fingerprint density at radius 1 is 0.897 bits per heavy atom. The highest BCUT2D eigenvalue weighted by Gasteiger charge is 2.11. The van der Waals surface area contributed by atoms with Gasteiger partial charge in [-0.2, -0.15) is 0 Å². The summed E-state index contributed by atoms with van der Waals surface area (Å²) in [6.07, 6.45) is 0. The summed E-state index contributed by atoms with van der Waals surface area (Å²) in [6, 6.07) is 17.7. The third-order valence-corrected chi connectivity index (χ3v) is 5.66. The van der Waals surface area contributed by atoms with Crippen LogP contribution in [-0.2, 0) is 4.79 Å². The van der Waals surface area contributed by atoms with Gasteiger partial charge in [0.05, 0.1) is 27.0 Å². The van der Waals surface area contributed by atoms with Crippen LogP contribution in [0.25, 0.3) is 0 Å². The number of hydrogen-bond donors (Lipinski definition) is 2. The van der Waals surface area contributed by atoms with Crippen molar-refractivity contribution in [1.82, 2.24) is 0 Å². The van der Waals surface area contributed by atoms with Gasteiger partial charge in [0.25, 0.3) is 5.91 Å². The molecule has 0 aliphatic heterocycles. The summed E-state index contributed by atoms with van der Waals surface area (Å²) < 4.78 is 13.7. The topological polar surface area (TPSA) is 58.2 Å². The number of hydrogen-bond acceptors (Lipinski definition) is 3. The first-order valence-electron chi connectivity index (χ1n) is 8.46. The Bertz CT molecular complexity index is 1050. The first-order chi connectivity index (χ1) is 13.9. The van der Waals surface area contributed by atoms with Crippen LogP contribution in [0.1, 0.15) is 10.4 Å². The van der Waals surface area contributed by atoms with E-state index in [0.29, 0.717) is 21.4 Å². The molecule has 0 atom stereocenters. The Balaban J connectivity index is 1.54. The van der Waals surface area contributed by atoms with E-state index >= 15 is 0 Å². The highest BCUT2D eigenvalue weighted by molar-refractivity contribution is 8.00. The molecule has 3 aromatic carbocycles. The van der Waals surface area contributed by atoms with Gasteiger partial charge in [0.1, 0.15) is 5.82 Å². The fraction of sp³-hybridized carbons (Fsp3) is 0.0476. The molecule has 2 amide bonds. The molecule has 29 heavy (non-hydrogen) atoms. The van der Waals surface area contributed by atoms with Gasteiger partial charge in [-0.25, -0.2) is 4.39 Å². The molecule has 0 bridgehead atoms. The standard InChI is InChI=1S/C21H15Cl2FN2O2S/c22-16-5-3-7-18(20(16)23)26-19(27)12-29-14-10-8-13(9-11-14)25-21(28)15-4-1-2-6-17(15)24/h1-11H,12H2,(H,25,28)(H,26,27). The second kappa shape index (κ2) is 9.78. The van der Waals surface area contributed by atoms with Crippen molar-refractivity contribution in [2.24, 2.45) is 0 Å². The van der Waals surface area contributed by atoms with Crippen LogP contribution in [-0.4, -0.2) is 17.6 Å². The van der Waals surface area contributed by atoms with E-state index in [9.17, 15) is 14.0 Å². The van der Waals surface area contributed by atoms with Gasteiger partial charge in [0, 0.05) is 10.6 Å². The molecule has 8 heteroatoms. The van der Waals surface area contributed by atoms with E-state index in [1.807, 2.05) is 0 Å². The van der Waals surface area contributed by atoms with Crippen LogP contribution in [0.5, 0.6) is 0 Å². The smallest absolute Gasteiger partial charge is 0.258 e. The molecule has 0 aliphatic carbocycles. The highest BCUT2D eigenvalue weighted by atomic mass is 35.5. The van der Waals surface area contributed by atoms with Crippen molar-refractivity contribution in [1.29, 1.82) is 0 Å². The van der Waals surface area contributed by atoms with Crippen LogP contribution in [0.15, 0.2) is 71.6 Å². The number of thioether (sulfide) groups is 1. The SMILES string of the molecule is O=C(CSc1ccc(NC(=O)c2ccccc2F)cc1)Nc1cccc(Cl)c1Cl. The molecule has 2 N–H and O–H groups in total. The van der Waals surface area contributed by atoms with Crippen molar-refractivity contribution in [3.63, 3.8) is 0 Å². The average Bonchev–Trinajstić information content (AvgIpc) is 2.71. The number of carbonyl (C=O) groups excluding carboxylic acids is 2. The summed E-state index contributed by atoms with van der Waals surface area (Å²) >= 11 is 13.3. The van der Waals surface area contributed by atoms with Crippen LogP contribution in [0.3, 0.4) is 0 Å². The summed E-state index contributed by atoms with van der Waals surface area (Å²) in [4.78, 5) is 25.1. The van der Waals surface area contributed by atoms with Gasteiger partial charge in [-0.1, -0.05) is 41.4 Å².